The number of hydrazone groups is 1. The molecule has 140 valence electrons. The molecule has 0 bridgehead atoms. The molecule has 0 atom stereocenters. The van der Waals surface area contributed by atoms with Crippen LogP contribution in [0.5, 0.6) is 5.75 Å². The minimum atomic E-state index is -0.250. The summed E-state index contributed by atoms with van der Waals surface area (Å²) in [5.74, 6) is -0.0589. The molecule has 1 aliphatic rings. The number of halogens is 1. The third-order valence-electron chi connectivity index (χ3n) is 4.66. The van der Waals surface area contributed by atoms with Gasteiger partial charge in [0.2, 0.25) is 0 Å². The lowest BCUT2D eigenvalue weighted by molar-refractivity contribution is 0.0955. The molecule has 6 heteroatoms. The second-order valence-corrected chi connectivity index (χ2v) is 7.52. The van der Waals surface area contributed by atoms with E-state index in [2.05, 4.69) is 43.5 Å². The van der Waals surface area contributed by atoms with Gasteiger partial charge in [-0.3, -0.25) is 4.79 Å². The molecule has 5 nitrogen and oxygen atoms in total. The number of nitrogens with zero attached hydrogens (tertiary/aromatic N) is 2. The van der Waals surface area contributed by atoms with Crippen molar-refractivity contribution in [2.24, 2.45) is 5.10 Å². The van der Waals surface area contributed by atoms with Crippen LogP contribution in [0.15, 0.2) is 76.3 Å². The van der Waals surface area contributed by atoms with Crippen molar-refractivity contribution in [3.05, 3.63) is 93.5 Å². The van der Waals surface area contributed by atoms with Gasteiger partial charge in [-0.2, -0.15) is 5.10 Å². The Bertz CT molecular complexity index is 1030. The number of rotatable bonds is 4. The van der Waals surface area contributed by atoms with E-state index < -0.39 is 0 Å². The molecular weight excluding hydrogens is 418 g/mol. The van der Waals surface area contributed by atoms with Gasteiger partial charge in [0, 0.05) is 28.8 Å². The number of phenolic OH excluding ortho intramolecular Hbond substituents is 1. The van der Waals surface area contributed by atoms with Crippen molar-refractivity contribution in [3.63, 3.8) is 0 Å². The number of hydrogen-bond acceptors (Lipinski definition) is 4. The lowest BCUT2D eigenvalue weighted by Crippen LogP contribution is -2.17. The summed E-state index contributed by atoms with van der Waals surface area (Å²) in [7, 11) is 0. The maximum absolute atomic E-state index is 12.4. The van der Waals surface area contributed by atoms with Gasteiger partial charge in [-0.1, -0.05) is 22.0 Å². The maximum atomic E-state index is 12.4. The Kier molecular flexibility index (Phi) is 5.12. The van der Waals surface area contributed by atoms with Crippen molar-refractivity contribution in [2.45, 2.75) is 13.1 Å². The van der Waals surface area contributed by atoms with Gasteiger partial charge >= 0.3 is 0 Å². The Morgan fingerprint density at radius 3 is 2.46 bits per heavy atom. The van der Waals surface area contributed by atoms with E-state index in [0.29, 0.717) is 5.56 Å². The first-order chi connectivity index (χ1) is 13.6. The second kappa shape index (κ2) is 7.86. The summed E-state index contributed by atoms with van der Waals surface area (Å²) >= 11 is 3.46. The van der Waals surface area contributed by atoms with Gasteiger partial charge in [0.05, 0.1) is 6.21 Å². The average Bonchev–Trinajstić information content (AvgIpc) is 3.13. The molecule has 28 heavy (non-hydrogen) atoms. The molecule has 4 rings (SSSR count). The fraction of sp³-hybridized carbons (Fsp3) is 0.0909. The Balaban J connectivity index is 1.42. The molecule has 0 spiro atoms. The van der Waals surface area contributed by atoms with Crippen LogP contribution in [0, 0.1) is 0 Å². The first kappa shape index (κ1) is 18.3. The number of carbonyl (C=O) groups is 1. The summed E-state index contributed by atoms with van der Waals surface area (Å²) in [6.45, 7) is 1.60. The fourth-order valence-electron chi connectivity index (χ4n) is 3.16. The van der Waals surface area contributed by atoms with E-state index in [1.54, 1.807) is 30.5 Å². The van der Waals surface area contributed by atoms with Crippen molar-refractivity contribution in [3.8, 4) is 5.75 Å². The predicted octanol–water partition coefficient (Wildman–Crippen LogP) is 4.44. The van der Waals surface area contributed by atoms with Crippen LogP contribution in [0.3, 0.4) is 0 Å². The first-order valence-corrected chi connectivity index (χ1v) is 9.62. The minimum Gasteiger partial charge on any atom is -0.508 e. The highest BCUT2D eigenvalue weighted by Gasteiger charge is 2.20. The van der Waals surface area contributed by atoms with Gasteiger partial charge in [0.15, 0.2) is 0 Å². The van der Waals surface area contributed by atoms with Gasteiger partial charge in [-0.05, 0) is 77.4 Å². The van der Waals surface area contributed by atoms with E-state index >= 15 is 0 Å². The van der Waals surface area contributed by atoms with E-state index in [9.17, 15) is 9.90 Å². The van der Waals surface area contributed by atoms with Crippen molar-refractivity contribution in [2.75, 3.05) is 4.90 Å². The number of aromatic hydroxyl groups is 1. The van der Waals surface area contributed by atoms with Gasteiger partial charge in [-0.25, -0.2) is 5.43 Å². The lowest BCUT2D eigenvalue weighted by atomic mass is 10.1. The summed E-state index contributed by atoms with van der Waals surface area (Å²) in [6.07, 6.45) is 1.54. The molecule has 0 fully saturated rings. The standard InChI is InChI=1S/C22H18BrN3O2/c23-19-5-7-20(8-6-19)26-13-17-4-3-16(11-18(17)14-26)22(28)25-24-12-15-1-9-21(27)10-2-15/h1-12,27H,13-14H2,(H,25,28)/b24-12+. The molecule has 1 amide bonds. The van der Waals surface area contributed by atoms with E-state index in [-0.39, 0.29) is 11.7 Å². The monoisotopic (exact) mass is 435 g/mol. The number of benzene rings is 3. The quantitative estimate of drug-likeness (QED) is 0.470. The Labute approximate surface area is 171 Å². The van der Waals surface area contributed by atoms with Crippen molar-refractivity contribution < 1.29 is 9.90 Å². The molecule has 0 radical (unpaired) electrons. The Morgan fingerprint density at radius 2 is 1.71 bits per heavy atom. The van der Waals surface area contributed by atoms with Crippen LogP contribution < -0.4 is 10.3 Å². The van der Waals surface area contributed by atoms with Gasteiger partial charge in [-0.15, -0.1) is 0 Å². The van der Waals surface area contributed by atoms with Crippen LogP contribution >= 0.6 is 15.9 Å². The highest BCUT2D eigenvalue weighted by atomic mass is 79.9. The van der Waals surface area contributed by atoms with Crippen molar-refractivity contribution in [1.82, 2.24) is 5.43 Å². The molecule has 1 heterocycles. The van der Waals surface area contributed by atoms with Gasteiger partial charge < -0.3 is 10.0 Å². The highest BCUT2D eigenvalue weighted by Crippen LogP contribution is 2.29. The number of nitrogens with one attached hydrogen (secondary N) is 1. The Morgan fingerprint density at radius 1 is 1.00 bits per heavy atom. The number of hydrogen-bond donors (Lipinski definition) is 2. The number of amides is 1. The van der Waals surface area contributed by atoms with E-state index in [1.807, 2.05) is 30.3 Å². The SMILES string of the molecule is O=C(N/N=C/c1ccc(O)cc1)c1ccc2c(c1)CN(c1ccc(Br)cc1)C2. The molecule has 3 aromatic rings. The molecule has 2 N–H and O–H groups in total. The summed E-state index contributed by atoms with van der Waals surface area (Å²) in [6, 6.07) is 20.6. The average molecular weight is 436 g/mol. The smallest absolute Gasteiger partial charge is 0.271 e. The normalized spacial score (nSPS) is 13.0. The molecule has 0 aliphatic carbocycles. The predicted molar refractivity (Wildman–Crippen MR) is 114 cm³/mol. The lowest BCUT2D eigenvalue weighted by Gasteiger charge is -2.17. The van der Waals surface area contributed by atoms with Crippen LogP contribution in [0.4, 0.5) is 5.69 Å². The number of anilines is 1. The topological polar surface area (TPSA) is 64.9 Å². The summed E-state index contributed by atoms with van der Waals surface area (Å²) in [4.78, 5) is 14.7. The van der Waals surface area contributed by atoms with Crippen LogP contribution in [-0.2, 0) is 13.1 Å². The molecular formula is C22H18BrN3O2. The van der Waals surface area contributed by atoms with Gasteiger partial charge in [0.25, 0.3) is 5.91 Å². The first-order valence-electron chi connectivity index (χ1n) is 8.83. The largest absolute Gasteiger partial charge is 0.508 e. The second-order valence-electron chi connectivity index (χ2n) is 6.61. The minimum absolute atomic E-state index is 0.191. The Hall–Kier alpha value is -3.12. The zero-order valence-electron chi connectivity index (χ0n) is 15.0. The van der Waals surface area contributed by atoms with Crippen molar-refractivity contribution >= 4 is 33.7 Å². The van der Waals surface area contributed by atoms with E-state index in [4.69, 9.17) is 0 Å². The molecule has 0 aromatic heterocycles. The highest BCUT2D eigenvalue weighted by molar-refractivity contribution is 9.10. The maximum Gasteiger partial charge on any atom is 0.271 e. The van der Waals surface area contributed by atoms with Crippen LogP contribution in [-0.4, -0.2) is 17.2 Å². The molecule has 0 saturated carbocycles. The third-order valence-corrected chi connectivity index (χ3v) is 5.18. The zero-order chi connectivity index (χ0) is 19.5. The number of phenols is 1. The summed E-state index contributed by atoms with van der Waals surface area (Å²) in [5.41, 5.74) is 7.46. The van der Waals surface area contributed by atoms with E-state index in [1.165, 1.54) is 5.56 Å². The van der Waals surface area contributed by atoms with Gasteiger partial charge in [0.1, 0.15) is 5.75 Å². The van der Waals surface area contributed by atoms with Crippen LogP contribution in [0.2, 0.25) is 0 Å². The molecule has 0 unspecified atom stereocenters. The third kappa shape index (κ3) is 4.07. The summed E-state index contributed by atoms with van der Waals surface area (Å²) < 4.78 is 1.06. The molecule has 1 aliphatic heterocycles. The molecule has 0 saturated heterocycles. The fourth-order valence-corrected chi connectivity index (χ4v) is 3.42. The van der Waals surface area contributed by atoms with Crippen LogP contribution in [0.1, 0.15) is 27.0 Å². The molecule has 3 aromatic carbocycles. The number of fused-ring (bicyclic) bond motifs is 1. The van der Waals surface area contributed by atoms with E-state index in [0.717, 1.165) is 34.4 Å². The van der Waals surface area contributed by atoms with Crippen molar-refractivity contribution in [1.29, 1.82) is 0 Å². The summed E-state index contributed by atoms with van der Waals surface area (Å²) in [5, 5.41) is 13.3. The zero-order valence-corrected chi connectivity index (χ0v) is 16.6. The van der Waals surface area contributed by atoms with Crippen LogP contribution in [0.25, 0.3) is 0 Å². The number of carbonyl (C=O) groups excluding carboxylic acids is 1.